The number of halogens is 1. The van der Waals surface area contributed by atoms with Crippen LogP contribution in [0.25, 0.3) is 0 Å². The summed E-state index contributed by atoms with van der Waals surface area (Å²) in [7, 11) is 1.75. The van der Waals surface area contributed by atoms with Gasteiger partial charge in [0.05, 0.1) is 6.61 Å². The van der Waals surface area contributed by atoms with Gasteiger partial charge in [-0.3, -0.25) is 0 Å². The van der Waals surface area contributed by atoms with E-state index in [2.05, 4.69) is 59.4 Å². The van der Waals surface area contributed by atoms with Crippen LogP contribution in [0.5, 0.6) is 0 Å². The van der Waals surface area contributed by atoms with Crippen LogP contribution in [-0.2, 0) is 11.2 Å². The zero-order chi connectivity index (χ0) is 15.5. The lowest BCUT2D eigenvalue weighted by Crippen LogP contribution is -2.27. The Balaban J connectivity index is 2.47. The van der Waals surface area contributed by atoms with Gasteiger partial charge in [0, 0.05) is 18.1 Å². The Labute approximate surface area is 138 Å². The van der Waals surface area contributed by atoms with E-state index in [1.54, 1.807) is 7.11 Å². The molecular weight excluding hydrogens is 326 g/mol. The summed E-state index contributed by atoms with van der Waals surface area (Å²) >= 11 is 3.67. The topological polar surface area (TPSA) is 21.3 Å². The first kappa shape index (κ1) is 18.7. The van der Waals surface area contributed by atoms with Gasteiger partial charge in [-0.15, -0.1) is 0 Å². The van der Waals surface area contributed by atoms with E-state index in [0.717, 1.165) is 32.0 Å². The van der Waals surface area contributed by atoms with E-state index in [0.29, 0.717) is 5.92 Å². The molecule has 0 radical (unpaired) electrons. The van der Waals surface area contributed by atoms with Crippen LogP contribution in [-0.4, -0.2) is 26.8 Å². The number of benzene rings is 1. The lowest BCUT2D eigenvalue weighted by molar-refractivity contribution is 0.197. The molecule has 0 fully saturated rings. The molecule has 0 spiro atoms. The van der Waals surface area contributed by atoms with E-state index in [1.807, 2.05) is 0 Å². The third-order valence-electron chi connectivity index (χ3n) is 3.78. The van der Waals surface area contributed by atoms with Gasteiger partial charge in [-0.05, 0) is 42.9 Å². The van der Waals surface area contributed by atoms with Crippen molar-refractivity contribution in [2.75, 3.05) is 26.8 Å². The Kier molecular flexibility index (Phi) is 9.98. The molecular formula is C18H30BrNO. The molecule has 0 bridgehead atoms. The zero-order valence-electron chi connectivity index (χ0n) is 13.7. The molecule has 21 heavy (non-hydrogen) atoms. The Bertz CT molecular complexity index is 381. The Hall–Kier alpha value is -0.380. The number of rotatable bonds is 11. The maximum atomic E-state index is 5.10. The van der Waals surface area contributed by atoms with E-state index < -0.39 is 0 Å². The van der Waals surface area contributed by atoms with Crippen LogP contribution in [0.3, 0.4) is 0 Å². The monoisotopic (exact) mass is 355 g/mol. The molecule has 1 rings (SSSR count). The van der Waals surface area contributed by atoms with Crippen molar-refractivity contribution in [2.45, 2.75) is 39.5 Å². The average molecular weight is 356 g/mol. The van der Waals surface area contributed by atoms with Gasteiger partial charge in [0.2, 0.25) is 0 Å². The highest BCUT2D eigenvalue weighted by Gasteiger charge is 2.11. The molecule has 0 amide bonds. The fourth-order valence-electron chi connectivity index (χ4n) is 2.55. The molecule has 0 aliphatic carbocycles. The molecule has 1 atom stereocenters. The predicted octanol–water partition coefficient (Wildman–Crippen LogP) is 4.67. The summed E-state index contributed by atoms with van der Waals surface area (Å²) in [6.07, 6.45) is 5.07. The standard InChI is InChI=1S/C18H30BrNO/c1-15(2)7-6-8-16(14-20-11-12-21-3)13-17-9-4-5-10-18(17)19/h4-5,9-10,15-16,20H,6-8,11-14H2,1-3H3. The van der Waals surface area contributed by atoms with Crippen molar-refractivity contribution < 1.29 is 4.74 Å². The smallest absolute Gasteiger partial charge is 0.0587 e. The molecule has 0 saturated heterocycles. The van der Waals surface area contributed by atoms with E-state index in [9.17, 15) is 0 Å². The van der Waals surface area contributed by atoms with Crippen molar-refractivity contribution in [3.05, 3.63) is 34.3 Å². The van der Waals surface area contributed by atoms with Crippen LogP contribution in [0.15, 0.2) is 28.7 Å². The highest BCUT2D eigenvalue weighted by Crippen LogP contribution is 2.22. The number of hydrogen-bond acceptors (Lipinski definition) is 2. The minimum Gasteiger partial charge on any atom is -0.383 e. The molecule has 1 aromatic rings. The number of methoxy groups -OCH3 is 1. The maximum absolute atomic E-state index is 5.10. The van der Waals surface area contributed by atoms with E-state index in [1.165, 1.54) is 29.3 Å². The zero-order valence-corrected chi connectivity index (χ0v) is 15.3. The van der Waals surface area contributed by atoms with Gasteiger partial charge in [0.15, 0.2) is 0 Å². The van der Waals surface area contributed by atoms with Gasteiger partial charge in [-0.25, -0.2) is 0 Å². The summed E-state index contributed by atoms with van der Waals surface area (Å²) in [5.74, 6) is 1.50. The van der Waals surface area contributed by atoms with Crippen molar-refractivity contribution >= 4 is 15.9 Å². The van der Waals surface area contributed by atoms with Crippen molar-refractivity contribution in [1.82, 2.24) is 5.32 Å². The second kappa shape index (κ2) is 11.2. The molecule has 1 N–H and O–H groups in total. The van der Waals surface area contributed by atoms with Crippen molar-refractivity contribution in [3.63, 3.8) is 0 Å². The first-order valence-corrected chi connectivity index (χ1v) is 8.85. The van der Waals surface area contributed by atoms with Gasteiger partial charge >= 0.3 is 0 Å². The lowest BCUT2D eigenvalue weighted by atomic mass is 9.92. The summed E-state index contributed by atoms with van der Waals surface area (Å²) in [6, 6.07) is 8.58. The molecule has 0 aliphatic rings. The van der Waals surface area contributed by atoms with Gasteiger partial charge < -0.3 is 10.1 Å². The van der Waals surface area contributed by atoms with Gasteiger partial charge in [0.1, 0.15) is 0 Å². The first-order chi connectivity index (χ1) is 10.1. The predicted molar refractivity (Wildman–Crippen MR) is 94.8 cm³/mol. The van der Waals surface area contributed by atoms with Crippen LogP contribution in [0.2, 0.25) is 0 Å². The van der Waals surface area contributed by atoms with Crippen molar-refractivity contribution in [1.29, 1.82) is 0 Å². The Morgan fingerprint density at radius 3 is 2.62 bits per heavy atom. The van der Waals surface area contributed by atoms with E-state index in [-0.39, 0.29) is 0 Å². The van der Waals surface area contributed by atoms with Crippen LogP contribution in [0.4, 0.5) is 0 Å². The van der Waals surface area contributed by atoms with Gasteiger partial charge in [0.25, 0.3) is 0 Å². The highest BCUT2D eigenvalue weighted by molar-refractivity contribution is 9.10. The molecule has 1 unspecified atom stereocenters. The Morgan fingerprint density at radius 2 is 1.95 bits per heavy atom. The summed E-state index contributed by atoms with van der Waals surface area (Å²) in [6.45, 7) is 7.41. The van der Waals surface area contributed by atoms with E-state index >= 15 is 0 Å². The third kappa shape index (κ3) is 8.60. The second-order valence-corrected chi connectivity index (χ2v) is 7.04. The van der Waals surface area contributed by atoms with Crippen LogP contribution in [0.1, 0.15) is 38.7 Å². The van der Waals surface area contributed by atoms with Crippen molar-refractivity contribution in [2.24, 2.45) is 11.8 Å². The molecule has 2 nitrogen and oxygen atoms in total. The number of hydrogen-bond donors (Lipinski definition) is 1. The van der Waals surface area contributed by atoms with E-state index in [4.69, 9.17) is 4.74 Å². The maximum Gasteiger partial charge on any atom is 0.0587 e. The molecule has 0 saturated carbocycles. The fourth-order valence-corrected chi connectivity index (χ4v) is 2.99. The number of nitrogens with one attached hydrogen (secondary N) is 1. The number of ether oxygens (including phenoxy) is 1. The molecule has 0 heterocycles. The highest BCUT2D eigenvalue weighted by atomic mass is 79.9. The molecule has 0 aliphatic heterocycles. The van der Waals surface area contributed by atoms with Crippen LogP contribution < -0.4 is 5.32 Å². The molecule has 3 heteroatoms. The van der Waals surface area contributed by atoms with Crippen LogP contribution >= 0.6 is 15.9 Å². The lowest BCUT2D eigenvalue weighted by Gasteiger charge is -2.19. The van der Waals surface area contributed by atoms with Gasteiger partial charge in [-0.1, -0.05) is 60.8 Å². The van der Waals surface area contributed by atoms with Gasteiger partial charge in [-0.2, -0.15) is 0 Å². The first-order valence-electron chi connectivity index (χ1n) is 8.06. The normalized spacial score (nSPS) is 12.8. The minimum absolute atomic E-state index is 0.694. The average Bonchev–Trinajstić information content (AvgIpc) is 2.45. The second-order valence-electron chi connectivity index (χ2n) is 6.18. The third-order valence-corrected chi connectivity index (χ3v) is 4.55. The largest absolute Gasteiger partial charge is 0.383 e. The molecule has 0 aromatic heterocycles. The summed E-state index contributed by atoms with van der Waals surface area (Å²) in [4.78, 5) is 0. The fraction of sp³-hybridized carbons (Fsp3) is 0.667. The summed E-state index contributed by atoms with van der Waals surface area (Å²) < 4.78 is 6.34. The van der Waals surface area contributed by atoms with Crippen LogP contribution in [0, 0.1) is 11.8 Å². The molecule has 1 aromatic carbocycles. The van der Waals surface area contributed by atoms with Crippen molar-refractivity contribution in [3.8, 4) is 0 Å². The minimum atomic E-state index is 0.694. The Morgan fingerprint density at radius 1 is 1.19 bits per heavy atom. The summed E-state index contributed by atoms with van der Waals surface area (Å²) in [5.41, 5.74) is 1.42. The molecule has 120 valence electrons. The SMILES string of the molecule is COCCNCC(CCCC(C)C)Cc1ccccc1Br. The quantitative estimate of drug-likeness (QED) is 0.582. The summed E-state index contributed by atoms with van der Waals surface area (Å²) in [5, 5.41) is 3.52.